The standard InChI is InChI=1S/C24H17ClN4O2/c25-20-10-8-17(9-11-20)23-19(16-29(28-23)21-5-2-1-3-6-21)13-18(14-26)24(30)27-15-22-7-4-12-31-22/h1-13,16H,15H2,(H,27,30)/b18-13-. The van der Waals surface area contributed by atoms with Crippen LogP contribution in [0.1, 0.15) is 11.3 Å². The fourth-order valence-corrected chi connectivity index (χ4v) is 3.14. The Hall–Kier alpha value is -4.08. The highest BCUT2D eigenvalue weighted by Crippen LogP contribution is 2.27. The zero-order valence-electron chi connectivity index (χ0n) is 16.3. The summed E-state index contributed by atoms with van der Waals surface area (Å²) in [6.45, 7) is 0.193. The molecule has 6 nitrogen and oxygen atoms in total. The van der Waals surface area contributed by atoms with Crippen LogP contribution in [0.15, 0.2) is 89.2 Å². The SMILES string of the molecule is N#C/C(=C/c1cn(-c2ccccc2)nc1-c1ccc(Cl)cc1)C(=O)NCc1ccco1. The Balaban J connectivity index is 1.70. The zero-order valence-corrected chi connectivity index (χ0v) is 17.1. The number of para-hydroxylation sites is 1. The van der Waals surface area contributed by atoms with Gasteiger partial charge in [-0.25, -0.2) is 4.68 Å². The Morgan fingerprint density at radius 3 is 2.58 bits per heavy atom. The van der Waals surface area contributed by atoms with E-state index in [1.807, 2.05) is 48.5 Å². The minimum Gasteiger partial charge on any atom is -0.467 e. The predicted molar refractivity (Wildman–Crippen MR) is 118 cm³/mol. The summed E-state index contributed by atoms with van der Waals surface area (Å²) in [5.41, 5.74) is 2.91. The summed E-state index contributed by atoms with van der Waals surface area (Å²) in [5, 5.41) is 17.6. The van der Waals surface area contributed by atoms with Gasteiger partial charge in [0.15, 0.2) is 0 Å². The number of hydrogen-bond acceptors (Lipinski definition) is 4. The molecule has 0 bridgehead atoms. The van der Waals surface area contributed by atoms with Crippen LogP contribution in [0.4, 0.5) is 0 Å². The second-order valence-electron chi connectivity index (χ2n) is 6.65. The summed E-state index contributed by atoms with van der Waals surface area (Å²) < 4.78 is 6.93. The van der Waals surface area contributed by atoms with Crippen LogP contribution in [0, 0.1) is 11.3 Å². The number of rotatable bonds is 6. The molecule has 0 spiro atoms. The van der Waals surface area contributed by atoms with Crippen molar-refractivity contribution in [3.05, 3.63) is 101 Å². The number of carbonyl (C=O) groups excluding carboxylic acids is 1. The molecule has 4 rings (SSSR count). The lowest BCUT2D eigenvalue weighted by molar-refractivity contribution is -0.117. The number of nitriles is 1. The van der Waals surface area contributed by atoms with E-state index in [1.165, 1.54) is 12.3 Å². The fourth-order valence-electron chi connectivity index (χ4n) is 3.02. The molecule has 2 aromatic heterocycles. The number of nitrogens with one attached hydrogen (secondary N) is 1. The maximum atomic E-state index is 12.6. The molecule has 2 aromatic carbocycles. The monoisotopic (exact) mass is 428 g/mol. The van der Waals surface area contributed by atoms with Gasteiger partial charge in [-0.05, 0) is 42.5 Å². The van der Waals surface area contributed by atoms with E-state index >= 15 is 0 Å². The van der Waals surface area contributed by atoms with Crippen LogP contribution in [-0.4, -0.2) is 15.7 Å². The van der Waals surface area contributed by atoms with E-state index in [-0.39, 0.29) is 12.1 Å². The van der Waals surface area contributed by atoms with Gasteiger partial charge >= 0.3 is 0 Å². The van der Waals surface area contributed by atoms with E-state index in [4.69, 9.17) is 16.0 Å². The molecule has 0 aliphatic heterocycles. The van der Waals surface area contributed by atoms with Gasteiger partial charge in [-0.2, -0.15) is 10.4 Å². The van der Waals surface area contributed by atoms with E-state index in [2.05, 4.69) is 10.4 Å². The van der Waals surface area contributed by atoms with E-state index in [0.29, 0.717) is 22.0 Å². The molecule has 0 radical (unpaired) electrons. The molecule has 7 heteroatoms. The number of nitrogens with zero attached hydrogens (tertiary/aromatic N) is 3. The van der Waals surface area contributed by atoms with Gasteiger partial charge < -0.3 is 9.73 Å². The van der Waals surface area contributed by atoms with Crippen molar-refractivity contribution in [1.29, 1.82) is 5.26 Å². The number of amides is 1. The molecule has 152 valence electrons. The first-order valence-corrected chi connectivity index (χ1v) is 9.85. The van der Waals surface area contributed by atoms with Gasteiger partial charge in [0, 0.05) is 22.3 Å². The summed E-state index contributed by atoms with van der Waals surface area (Å²) >= 11 is 6.02. The van der Waals surface area contributed by atoms with Crippen LogP contribution in [0.5, 0.6) is 0 Å². The lowest BCUT2D eigenvalue weighted by atomic mass is 10.1. The van der Waals surface area contributed by atoms with Crippen molar-refractivity contribution in [3.63, 3.8) is 0 Å². The minimum atomic E-state index is -0.492. The molecule has 0 saturated heterocycles. The summed E-state index contributed by atoms with van der Waals surface area (Å²) in [6, 6.07) is 22.3. The summed E-state index contributed by atoms with van der Waals surface area (Å²) in [6.07, 6.45) is 4.85. The Morgan fingerprint density at radius 2 is 1.90 bits per heavy atom. The molecular formula is C24H17ClN4O2. The van der Waals surface area contributed by atoms with Gasteiger partial charge in [0.05, 0.1) is 24.2 Å². The third-order valence-electron chi connectivity index (χ3n) is 4.55. The molecular weight excluding hydrogens is 412 g/mol. The van der Waals surface area contributed by atoms with Crippen molar-refractivity contribution in [3.8, 4) is 23.0 Å². The Kier molecular flexibility index (Phi) is 5.97. The highest BCUT2D eigenvalue weighted by atomic mass is 35.5. The lowest BCUT2D eigenvalue weighted by Gasteiger charge is -2.03. The van der Waals surface area contributed by atoms with Crippen molar-refractivity contribution in [1.82, 2.24) is 15.1 Å². The minimum absolute atomic E-state index is 0.0330. The summed E-state index contributed by atoms with van der Waals surface area (Å²) in [7, 11) is 0. The van der Waals surface area contributed by atoms with Crippen LogP contribution in [0.2, 0.25) is 5.02 Å². The van der Waals surface area contributed by atoms with Crippen LogP contribution in [-0.2, 0) is 11.3 Å². The maximum Gasteiger partial charge on any atom is 0.262 e. The molecule has 0 aliphatic rings. The number of carbonyl (C=O) groups is 1. The van der Waals surface area contributed by atoms with Crippen molar-refractivity contribution >= 4 is 23.6 Å². The van der Waals surface area contributed by atoms with Gasteiger partial charge in [0.1, 0.15) is 17.4 Å². The van der Waals surface area contributed by atoms with Crippen LogP contribution >= 0.6 is 11.6 Å². The largest absolute Gasteiger partial charge is 0.467 e. The number of furan rings is 1. The average molecular weight is 429 g/mol. The van der Waals surface area contributed by atoms with E-state index in [1.54, 1.807) is 35.1 Å². The van der Waals surface area contributed by atoms with Crippen LogP contribution < -0.4 is 5.32 Å². The Bertz CT molecular complexity index is 1250. The van der Waals surface area contributed by atoms with E-state index < -0.39 is 5.91 Å². The molecule has 1 amide bonds. The predicted octanol–water partition coefficient (Wildman–Crippen LogP) is 5.01. The van der Waals surface area contributed by atoms with Crippen LogP contribution in [0.3, 0.4) is 0 Å². The smallest absolute Gasteiger partial charge is 0.262 e. The van der Waals surface area contributed by atoms with Crippen molar-refractivity contribution < 1.29 is 9.21 Å². The number of aromatic nitrogens is 2. The molecule has 0 atom stereocenters. The topological polar surface area (TPSA) is 83.8 Å². The first-order chi connectivity index (χ1) is 15.1. The molecule has 0 aliphatic carbocycles. The summed E-state index contributed by atoms with van der Waals surface area (Å²) in [5.74, 6) is 0.109. The lowest BCUT2D eigenvalue weighted by Crippen LogP contribution is -2.23. The summed E-state index contributed by atoms with van der Waals surface area (Å²) in [4.78, 5) is 12.6. The quantitative estimate of drug-likeness (QED) is 0.345. The second kappa shape index (κ2) is 9.16. The number of halogens is 1. The fraction of sp³-hybridized carbons (Fsp3) is 0.0417. The molecule has 31 heavy (non-hydrogen) atoms. The molecule has 0 unspecified atom stereocenters. The zero-order chi connectivity index (χ0) is 21.6. The molecule has 0 saturated carbocycles. The van der Waals surface area contributed by atoms with Gasteiger partial charge in [-0.15, -0.1) is 0 Å². The second-order valence-corrected chi connectivity index (χ2v) is 7.09. The highest BCUT2D eigenvalue weighted by Gasteiger charge is 2.15. The normalized spacial score (nSPS) is 11.2. The Labute approximate surface area is 184 Å². The van der Waals surface area contributed by atoms with Gasteiger partial charge in [0.2, 0.25) is 0 Å². The van der Waals surface area contributed by atoms with Gasteiger partial charge in [-0.3, -0.25) is 4.79 Å². The molecule has 4 aromatic rings. The third-order valence-corrected chi connectivity index (χ3v) is 4.80. The van der Waals surface area contributed by atoms with Crippen molar-refractivity contribution in [2.45, 2.75) is 6.54 Å². The maximum absolute atomic E-state index is 12.6. The van der Waals surface area contributed by atoms with E-state index in [0.717, 1.165) is 11.3 Å². The third kappa shape index (κ3) is 4.74. The van der Waals surface area contributed by atoms with E-state index in [9.17, 15) is 10.1 Å². The highest BCUT2D eigenvalue weighted by molar-refractivity contribution is 6.30. The average Bonchev–Trinajstić information content (AvgIpc) is 3.47. The first kappa shape index (κ1) is 20.2. The van der Waals surface area contributed by atoms with Gasteiger partial charge in [0.25, 0.3) is 5.91 Å². The van der Waals surface area contributed by atoms with Crippen molar-refractivity contribution in [2.75, 3.05) is 0 Å². The van der Waals surface area contributed by atoms with Crippen molar-refractivity contribution in [2.24, 2.45) is 0 Å². The Morgan fingerprint density at radius 1 is 1.13 bits per heavy atom. The molecule has 2 heterocycles. The first-order valence-electron chi connectivity index (χ1n) is 9.47. The van der Waals surface area contributed by atoms with Gasteiger partial charge in [-0.1, -0.05) is 41.9 Å². The van der Waals surface area contributed by atoms with Crippen LogP contribution in [0.25, 0.3) is 23.0 Å². The number of hydrogen-bond donors (Lipinski definition) is 1. The molecule has 1 N–H and O–H groups in total. The molecule has 0 fully saturated rings. The number of benzene rings is 2.